The molecule has 3 N–H and O–H groups in total. The van der Waals surface area contributed by atoms with Gasteiger partial charge in [0.1, 0.15) is 10.7 Å². The van der Waals surface area contributed by atoms with Gasteiger partial charge in [0.15, 0.2) is 0 Å². The van der Waals surface area contributed by atoms with E-state index in [1.807, 2.05) is 6.07 Å². The van der Waals surface area contributed by atoms with E-state index in [2.05, 4.69) is 10.2 Å². The van der Waals surface area contributed by atoms with Crippen LogP contribution in [0.4, 0.5) is 5.82 Å². The van der Waals surface area contributed by atoms with Crippen molar-refractivity contribution in [1.29, 1.82) is 5.26 Å². The lowest BCUT2D eigenvalue weighted by atomic mass is 10.2. The number of H-pyrrole nitrogens is 1. The van der Waals surface area contributed by atoms with E-state index < -0.39 is 10.0 Å². The maximum Gasteiger partial charge on any atom is 0.248 e. The second-order valence-electron chi connectivity index (χ2n) is 3.63. The molecule has 0 spiro atoms. The number of aromatic nitrogens is 2. The molecule has 0 radical (unpaired) electrons. The predicted octanol–water partition coefficient (Wildman–Crippen LogP) is 0.162. The van der Waals surface area contributed by atoms with E-state index in [1.54, 1.807) is 13.8 Å². The largest absolute Gasteiger partial charge is 0.383 e. The fraction of sp³-hybridized carbons (Fsp3) is 0.556. The SMILES string of the molecule is CCN(CC(C)C#N)S(=O)(=O)c1cn[nH]c1N. The molecule has 0 aliphatic carbocycles. The van der Waals surface area contributed by atoms with Gasteiger partial charge in [0.05, 0.1) is 18.2 Å². The molecule has 0 aliphatic rings. The maximum atomic E-state index is 12.2. The summed E-state index contributed by atoms with van der Waals surface area (Å²) in [4.78, 5) is -0.0514. The number of sulfonamides is 1. The number of aromatic amines is 1. The number of nitrogens with zero attached hydrogens (tertiary/aromatic N) is 3. The molecule has 94 valence electrons. The summed E-state index contributed by atoms with van der Waals surface area (Å²) in [5, 5.41) is 14.7. The zero-order chi connectivity index (χ0) is 13.1. The van der Waals surface area contributed by atoms with Gasteiger partial charge in [0.2, 0.25) is 10.0 Å². The van der Waals surface area contributed by atoms with Crippen molar-refractivity contribution in [3.8, 4) is 6.07 Å². The molecule has 0 bridgehead atoms. The molecule has 8 heteroatoms. The second kappa shape index (κ2) is 5.16. The second-order valence-corrected chi connectivity index (χ2v) is 5.54. The Morgan fingerprint density at radius 1 is 1.71 bits per heavy atom. The van der Waals surface area contributed by atoms with Crippen molar-refractivity contribution >= 4 is 15.8 Å². The van der Waals surface area contributed by atoms with Crippen LogP contribution in [0, 0.1) is 17.2 Å². The molecule has 0 fully saturated rings. The molecular weight excluding hydrogens is 242 g/mol. The van der Waals surface area contributed by atoms with Crippen LogP contribution in [0.1, 0.15) is 13.8 Å². The highest BCUT2D eigenvalue weighted by molar-refractivity contribution is 7.89. The van der Waals surface area contributed by atoms with Crippen molar-refractivity contribution in [2.75, 3.05) is 18.8 Å². The molecule has 1 aromatic rings. The number of nitrogen functional groups attached to an aromatic ring is 1. The first kappa shape index (κ1) is 13.5. The third-order valence-electron chi connectivity index (χ3n) is 2.30. The molecule has 1 unspecified atom stereocenters. The summed E-state index contributed by atoms with van der Waals surface area (Å²) in [7, 11) is -3.68. The first-order chi connectivity index (χ1) is 7.93. The van der Waals surface area contributed by atoms with Gasteiger partial charge in [0.25, 0.3) is 0 Å². The molecule has 0 aromatic carbocycles. The van der Waals surface area contributed by atoms with Crippen molar-refractivity contribution in [2.24, 2.45) is 5.92 Å². The minimum absolute atomic E-state index is 0.00746. The Balaban J connectivity index is 3.04. The third kappa shape index (κ3) is 2.75. The Kier molecular flexibility index (Phi) is 4.09. The molecule has 0 saturated heterocycles. The summed E-state index contributed by atoms with van der Waals surface area (Å²) in [5.41, 5.74) is 5.49. The Hall–Kier alpha value is -1.59. The lowest BCUT2D eigenvalue weighted by molar-refractivity contribution is 0.400. The molecule has 17 heavy (non-hydrogen) atoms. The number of hydrogen-bond donors (Lipinski definition) is 2. The van der Waals surface area contributed by atoms with E-state index in [0.717, 1.165) is 0 Å². The van der Waals surface area contributed by atoms with Crippen LogP contribution in [0.5, 0.6) is 0 Å². The maximum absolute atomic E-state index is 12.2. The summed E-state index contributed by atoms with van der Waals surface area (Å²) in [5.74, 6) is -0.370. The van der Waals surface area contributed by atoms with Crippen molar-refractivity contribution in [2.45, 2.75) is 18.7 Å². The van der Waals surface area contributed by atoms with E-state index in [4.69, 9.17) is 11.0 Å². The van der Waals surface area contributed by atoms with Crippen LogP contribution in [-0.4, -0.2) is 36.0 Å². The van der Waals surface area contributed by atoms with Gasteiger partial charge in [-0.15, -0.1) is 0 Å². The Bertz CT molecular complexity index is 516. The molecule has 7 nitrogen and oxygen atoms in total. The zero-order valence-corrected chi connectivity index (χ0v) is 10.5. The molecule has 0 aliphatic heterocycles. The first-order valence-corrected chi connectivity index (χ1v) is 6.56. The number of anilines is 1. The standard InChI is InChI=1S/C9H15N5O2S/c1-3-14(6-7(2)4-10)17(15,16)8-5-12-13-9(8)11/h5,7H,3,6H2,1-2H3,(H3,11,12,13). The highest BCUT2D eigenvalue weighted by atomic mass is 32.2. The van der Waals surface area contributed by atoms with Crippen LogP contribution in [0.15, 0.2) is 11.1 Å². The highest BCUT2D eigenvalue weighted by Gasteiger charge is 2.27. The van der Waals surface area contributed by atoms with E-state index in [0.29, 0.717) is 0 Å². The number of nitrogens with one attached hydrogen (secondary N) is 1. The average Bonchev–Trinajstić information content (AvgIpc) is 2.72. The van der Waals surface area contributed by atoms with Crippen molar-refractivity contribution in [3.05, 3.63) is 6.20 Å². The van der Waals surface area contributed by atoms with Crippen LogP contribution in [0.25, 0.3) is 0 Å². The molecular formula is C9H15N5O2S. The fourth-order valence-corrected chi connectivity index (χ4v) is 2.92. The van der Waals surface area contributed by atoms with Crippen molar-refractivity contribution in [1.82, 2.24) is 14.5 Å². The summed E-state index contributed by atoms with van der Waals surface area (Å²) >= 11 is 0. The summed E-state index contributed by atoms with van der Waals surface area (Å²) in [6.07, 6.45) is 1.17. The monoisotopic (exact) mass is 257 g/mol. The Morgan fingerprint density at radius 2 is 2.35 bits per heavy atom. The first-order valence-electron chi connectivity index (χ1n) is 5.12. The van der Waals surface area contributed by atoms with Gasteiger partial charge < -0.3 is 5.73 Å². The number of rotatable bonds is 5. The van der Waals surface area contributed by atoms with Crippen molar-refractivity contribution < 1.29 is 8.42 Å². The molecule has 0 amide bonds. The molecule has 1 heterocycles. The predicted molar refractivity (Wildman–Crippen MR) is 62.2 cm³/mol. The average molecular weight is 257 g/mol. The van der Waals surface area contributed by atoms with E-state index in [1.165, 1.54) is 10.5 Å². The normalized spacial score (nSPS) is 13.5. The van der Waals surface area contributed by atoms with Crippen LogP contribution >= 0.6 is 0 Å². The molecule has 0 saturated carbocycles. The Morgan fingerprint density at radius 3 is 2.76 bits per heavy atom. The van der Waals surface area contributed by atoms with Gasteiger partial charge in [-0.25, -0.2) is 8.42 Å². The van der Waals surface area contributed by atoms with Crippen LogP contribution in [0.2, 0.25) is 0 Å². The van der Waals surface area contributed by atoms with Crippen molar-refractivity contribution in [3.63, 3.8) is 0 Å². The number of nitriles is 1. The van der Waals surface area contributed by atoms with Gasteiger partial charge in [-0.3, -0.25) is 5.10 Å². The van der Waals surface area contributed by atoms with Crippen LogP contribution in [0.3, 0.4) is 0 Å². The van der Waals surface area contributed by atoms with Gasteiger partial charge in [0, 0.05) is 13.1 Å². The van der Waals surface area contributed by atoms with Gasteiger partial charge in [-0.1, -0.05) is 6.92 Å². The third-order valence-corrected chi connectivity index (χ3v) is 4.27. The quantitative estimate of drug-likeness (QED) is 0.779. The van der Waals surface area contributed by atoms with Gasteiger partial charge in [-0.2, -0.15) is 14.7 Å². The fourth-order valence-electron chi connectivity index (χ4n) is 1.37. The van der Waals surface area contributed by atoms with Crippen LogP contribution in [-0.2, 0) is 10.0 Å². The zero-order valence-electron chi connectivity index (χ0n) is 9.71. The summed E-state index contributed by atoms with van der Waals surface area (Å²) in [6, 6.07) is 2.00. The van der Waals surface area contributed by atoms with Gasteiger partial charge >= 0.3 is 0 Å². The topological polar surface area (TPSA) is 116 Å². The lowest BCUT2D eigenvalue weighted by Crippen LogP contribution is -2.34. The lowest BCUT2D eigenvalue weighted by Gasteiger charge is -2.20. The van der Waals surface area contributed by atoms with Gasteiger partial charge in [-0.05, 0) is 6.92 Å². The smallest absolute Gasteiger partial charge is 0.248 e. The van der Waals surface area contributed by atoms with E-state index in [-0.39, 0.29) is 29.7 Å². The van der Waals surface area contributed by atoms with E-state index >= 15 is 0 Å². The number of nitrogens with two attached hydrogens (primary N) is 1. The number of hydrogen-bond acceptors (Lipinski definition) is 5. The minimum Gasteiger partial charge on any atom is -0.383 e. The Labute approximate surface area is 100 Å². The van der Waals surface area contributed by atoms with E-state index in [9.17, 15) is 8.42 Å². The van der Waals surface area contributed by atoms with Crippen LogP contribution < -0.4 is 5.73 Å². The molecule has 1 rings (SSSR count). The molecule has 1 aromatic heterocycles. The minimum atomic E-state index is -3.68. The molecule has 1 atom stereocenters. The summed E-state index contributed by atoms with van der Waals surface area (Å²) in [6.45, 7) is 3.79. The summed E-state index contributed by atoms with van der Waals surface area (Å²) < 4.78 is 25.6. The highest BCUT2D eigenvalue weighted by Crippen LogP contribution is 2.20.